The van der Waals surface area contributed by atoms with E-state index < -0.39 is 0 Å². The Balaban J connectivity index is 1.80. The van der Waals surface area contributed by atoms with E-state index in [1.165, 1.54) is 38.5 Å². The van der Waals surface area contributed by atoms with Crippen molar-refractivity contribution >= 4 is 0 Å². The summed E-state index contributed by atoms with van der Waals surface area (Å²) < 4.78 is 5.88. The first kappa shape index (κ1) is 11.4. The average molecular weight is 212 g/mol. The van der Waals surface area contributed by atoms with Crippen molar-refractivity contribution in [1.29, 1.82) is 0 Å². The van der Waals surface area contributed by atoms with Gasteiger partial charge in [-0.2, -0.15) is 0 Å². The summed E-state index contributed by atoms with van der Waals surface area (Å²) in [6.07, 6.45) is 8.52. The largest absolute Gasteiger partial charge is 0.374 e. The zero-order chi connectivity index (χ0) is 10.7. The molecule has 0 amide bonds. The highest BCUT2D eigenvalue weighted by molar-refractivity contribution is 4.87. The van der Waals surface area contributed by atoms with Gasteiger partial charge in [-0.15, -0.1) is 0 Å². The van der Waals surface area contributed by atoms with Crippen molar-refractivity contribution in [1.82, 2.24) is 5.32 Å². The Morgan fingerprint density at radius 1 is 1.27 bits per heavy atom. The average Bonchev–Trinajstić information content (AvgIpc) is 2.85. The summed E-state index contributed by atoms with van der Waals surface area (Å²) in [5.74, 6) is 0. The van der Waals surface area contributed by atoms with E-state index in [0.717, 1.165) is 0 Å². The van der Waals surface area contributed by atoms with Crippen molar-refractivity contribution in [3.63, 3.8) is 0 Å². The summed E-state index contributed by atoms with van der Waals surface area (Å²) in [6, 6.07) is 1.07. The van der Waals surface area contributed by atoms with Crippen molar-refractivity contribution in [3.05, 3.63) is 0 Å². The maximum absolute atomic E-state index is 5.88. The van der Waals surface area contributed by atoms with Crippen molar-refractivity contribution in [2.75, 3.05) is 6.54 Å². The number of hydrogen-bond acceptors (Lipinski definition) is 3. The fourth-order valence-corrected chi connectivity index (χ4v) is 2.85. The van der Waals surface area contributed by atoms with E-state index in [4.69, 9.17) is 10.5 Å². The molecular weight excluding hydrogens is 188 g/mol. The summed E-state index contributed by atoms with van der Waals surface area (Å²) in [5, 5.41) is 3.68. The van der Waals surface area contributed by atoms with E-state index in [2.05, 4.69) is 12.2 Å². The van der Waals surface area contributed by atoms with Gasteiger partial charge in [0.25, 0.3) is 0 Å². The Morgan fingerprint density at radius 3 is 2.53 bits per heavy atom. The molecule has 0 bridgehead atoms. The Morgan fingerprint density at radius 2 is 2.00 bits per heavy atom. The van der Waals surface area contributed by atoms with E-state index in [0.29, 0.717) is 30.8 Å². The van der Waals surface area contributed by atoms with Crippen molar-refractivity contribution in [3.8, 4) is 0 Å². The van der Waals surface area contributed by atoms with Crippen LogP contribution in [0.5, 0.6) is 0 Å². The molecule has 0 aromatic carbocycles. The molecule has 88 valence electrons. The monoisotopic (exact) mass is 212 g/mol. The van der Waals surface area contributed by atoms with Gasteiger partial charge in [0.2, 0.25) is 0 Å². The van der Waals surface area contributed by atoms with Gasteiger partial charge in [-0.05, 0) is 32.6 Å². The molecule has 1 aliphatic heterocycles. The maximum Gasteiger partial charge on any atom is 0.0745 e. The molecule has 3 atom stereocenters. The Labute approximate surface area is 92.7 Å². The Hall–Kier alpha value is -0.120. The molecule has 3 nitrogen and oxygen atoms in total. The first-order valence-electron chi connectivity index (χ1n) is 6.41. The zero-order valence-corrected chi connectivity index (χ0v) is 9.74. The molecule has 2 fully saturated rings. The van der Waals surface area contributed by atoms with Crippen LogP contribution in [0, 0.1) is 0 Å². The maximum atomic E-state index is 5.88. The topological polar surface area (TPSA) is 47.3 Å². The molecule has 2 aliphatic rings. The van der Waals surface area contributed by atoms with Crippen LogP contribution in [0.2, 0.25) is 0 Å². The summed E-state index contributed by atoms with van der Waals surface area (Å²) in [7, 11) is 0. The van der Waals surface area contributed by atoms with Crippen LogP contribution in [-0.4, -0.2) is 30.8 Å². The first-order chi connectivity index (χ1) is 7.29. The minimum atomic E-state index is 0.352. The molecule has 3 heteroatoms. The van der Waals surface area contributed by atoms with Gasteiger partial charge in [-0.25, -0.2) is 0 Å². The van der Waals surface area contributed by atoms with Crippen molar-refractivity contribution in [2.24, 2.45) is 5.73 Å². The normalized spacial score (nSPS) is 34.8. The van der Waals surface area contributed by atoms with Crippen LogP contribution in [0.25, 0.3) is 0 Å². The van der Waals surface area contributed by atoms with E-state index in [-0.39, 0.29) is 0 Å². The first-order valence-corrected chi connectivity index (χ1v) is 6.41. The number of nitrogens with two attached hydrogens (primary N) is 1. The van der Waals surface area contributed by atoms with Crippen LogP contribution in [0.15, 0.2) is 0 Å². The lowest BCUT2D eigenvalue weighted by molar-refractivity contribution is 0.0313. The molecular formula is C12H24N2O. The van der Waals surface area contributed by atoms with Gasteiger partial charge in [0.05, 0.1) is 12.2 Å². The number of nitrogens with one attached hydrogen (secondary N) is 1. The second kappa shape index (κ2) is 5.28. The highest BCUT2D eigenvalue weighted by Gasteiger charge is 2.30. The van der Waals surface area contributed by atoms with Gasteiger partial charge in [0, 0.05) is 18.6 Å². The zero-order valence-electron chi connectivity index (χ0n) is 9.74. The quantitative estimate of drug-likeness (QED) is 0.741. The predicted molar refractivity (Wildman–Crippen MR) is 61.8 cm³/mol. The highest BCUT2D eigenvalue weighted by Crippen LogP contribution is 2.24. The Kier molecular flexibility index (Phi) is 4.00. The third-order valence-electron chi connectivity index (χ3n) is 3.77. The van der Waals surface area contributed by atoms with Crippen LogP contribution in [0.4, 0.5) is 0 Å². The highest BCUT2D eigenvalue weighted by atomic mass is 16.5. The number of hydrogen-bond donors (Lipinski definition) is 2. The fraction of sp³-hybridized carbons (Fsp3) is 1.00. The predicted octanol–water partition coefficient (Wildman–Crippen LogP) is 1.41. The Bertz CT molecular complexity index is 192. The van der Waals surface area contributed by atoms with Gasteiger partial charge >= 0.3 is 0 Å². The SMILES string of the molecule is CC1CCC(C(CN)NC2CCCC2)O1. The summed E-state index contributed by atoms with van der Waals surface area (Å²) >= 11 is 0. The van der Waals surface area contributed by atoms with E-state index >= 15 is 0 Å². The standard InChI is InChI=1S/C12H24N2O/c1-9-6-7-12(15-9)11(8-13)14-10-4-2-3-5-10/h9-12,14H,2-8,13H2,1H3. The van der Waals surface area contributed by atoms with Crippen LogP contribution in [-0.2, 0) is 4.74 Å². The summed E-state index contributed by atoms with van der Waals surface area (Å²) in [5.41, 5.74) is 5.83. The lowest BCUT2D eigenvalue weighted by atomic mass is 10.1. The van der Waals surface area contributed by atoms with E-state index in [1.807, 2.05) is 0 Å². The second-order valence-corrected chi connectivity index (χ2v) is 5.05. The molecule has 1 aliphatic carbocycles. The fourth-order valence-electron chi connectivity index (χ4n) is 2.85. The van der Waals surface area contributed by atoms with Gasteiger partial charge in [-0.3, -0.25) is 0 Å². The molecule has 3 N–H and O–H groups in total. The molecule has 0 aromatic rings. The number of ether oxygens (including phenoxy) is 1. The van der Waals surface area contributed by atoms with Crippen LogP contribution in [0.3, 0.4) is 0 Å². The van der Waals surface area contributed by atoms with Crippen LogP contribution < -0.4 is 11.1 Å². The van der Waals surface area contributed by atoms with Gasteiger partial charge < -0.3 is 15.8 Å². The minimum Gasteiger partial charge on any atom is -0.374 e. The van der Waals surface area contributed by atoms with Gasteiger partial charge in [-0.1, -0.05) is 12.8 Å². The molecule has 1 saturated heterocycles. The van der Waals surface area contributed by atoms with Crippen molar-refractivity contribution < 1.29 is 4.74 Å². The van der Waals surface area contributed by atoms with Crippen LogP contribution >= 0.6 is 0 Å². The molecule has 0 spiro atoms. The van der Waals surface area contributed by atoms with Crippen LogP contribution in [0.1, 0.15) is 45.4 Å². The van der Waals surface area contributed by atoms with E-state index in [1.54, 1.807) is 0 Å². The molecule has 1 heterocycles. The third kappa shape index (κ3) is 2.92. The number of rotatable bonds is 4. The van der Waals surface area contributed by atoms with Crippen molar-refractivity contribution in [2.45, 2.75) is 69.7 Å². The third-order valence-corrected chi connectivity index (χ3v) is 3.77. The molecule has 1 saturated carbocycles. The van der Waals surface area contributed by atoms with Gasteiger partial charge in [0.1, 0.15) is 0 Å². The smallest absolute Gasteiger partial charge is 0.0745 e. The molecule has 0 aromatic heterocycles. The molecule has 2 rings (SSSR count). The molecule has 0 radical (unpaired) electrons. The summed E-state index contributed by atoms with van der Waals surface area (Å²) in [4.78, 5) is 0. The second-order valence-electron chi connectivity index (χ2n) is 5.05. The minimum absolute atomic E-state index is 0.352. The molecule has 15 heavy (non-hydrogen) atoms. The molecule has 3 unspecified atom stereocenters. The lowest BCUT2D eigenvalue weighted by Gasteiger charge is -2.26. The summed E-state index contributed by atoms with van der Waals surface area (Å²) in [6.45, 7) is 2.86. The lowest BCUT2D eigenvalue weighted by Crippen LogP contribution is -2.49. The van der Waals surface area contributed by atoms with Gasteiger partial charge in [0.15, 0.2) is 0 Å². The van der Waals surface area contributed by atoms with E-state index in [9.17, 15) is 0 Å².